The van der Waals surface area contributed by atoms with Crippen molar-refractivity contribution in [2.24, 2.45) is 0 Å². The topological polar surface area (TPSA) is 130 Å². The van der Waals surface area contributed by atoms with E-state index < -0.39 is 37.3 Å². The standard InChI is InChI=1S/C7H6F3N3O.C5H4N2O2.C2H4ClF3N/c8-7(9,10)4-13-6(14)5-3-11-1-2-12-5;8-5(9)4-3-6-1-2-7-4;3-7-1-2(4,5)6/h1-3H,4H2,(H,13,14);1-3H,(H,8,9);3,7H,1H2/q;;+1. The van der Waals surface area contributed by atoms with Crippen molar-refractivity contribution in [1.29, 1.82) is 0 Å². The van der Waals surface area contributed by atoms with Crippen LogP contribution in [-0.4, -0.2) is 62.4 Å². The first-order valence-electron chi connectivity index (χ1n) is 7.37. The van der Waals surface area contributed by atoms with Crippen molar-refractivity contribution >= 4 is 11.9 Å². The first kappa shape index (κ1) is 26.9. The fraction of sp³-hybridized carbons (Fsp3) is 0.286. The molecule has 9 nitrogen and oxygen atoms in total. The number of aromatic carboxylic acids is 1. The Morgan fingerprint density at radius 2 is 1.33 bits per heavy atom. The molecule has 166 valence electrons. The van der Waals surface area contributed by atoms with Crippen molar-refractivity contribution in [3.63, 3.8) is 0 Å². The number of halogens is 7. The molecule has 0 saturated carbocycles. The zero-order valence-corrected chi connectivity index (χ0v) is 15.4. The van der Waals surface area contributed by atoms with Gasteiger partial charge in [-0.05, 0) is 0 Å². The van der Waals surface area contributed by atoms with Gasteiger partial charge in [0.05, 0.1) is 12.4 Å². The summed E-state index contributed by atoms with van der Waals surface area (Å²) < 4.78 is 67.8. The summed E-state index contributed by atoms with van der Waals surface area (Å²) in [6, 6.07) is 0. The van der Waals surface area contributed by atoms with E-state index in [1.54, 1.807) is 10.2 Å². The van der Waals surface area contributed by atoms with Gasteiger partial charge in [-0.15, -0.1) is 0 Å². The van der Waals surface area contributed by atoms with Crippen molar-refractivity contribution < 1.29 is 52.8 Å². The second kappa shape index (κ2) is 13.2. The third-order valence-corrected chi connectivity index (χ3v) is 2.44. The number of carbonyl (C=O) groups excluding carboxylic acids is 1. The maximum atomic E-state index is 11.7. The number of aromatic nitrogens is 4. The molecule has 0 atom stereocenters. The van der Waals surface area contributed by atoms with Gasteiger partial charge in [0.2, 0.25) is 11.8 Å². The number of hydrogen-bond acceptors (Lipinski definition) is 7. The van der Waals surface area contributed by atoms with E-state index in [0.717, 1.165) is 6.20 Å². The smallest absolute Gasteiger partial charge is 0.406 e. The molecule has 1 amide bonds. The third-order valence-electron chi connectivity index (χ3n) is 2.30. The highest BCUT2D eigenvalue weighted by atomic mass is 35.5. The summed E-state index contributed by atoms with van der Waals surface area (Å²) in [5, 5.41) is 9.95. The van der Waals surface area contributed by atoms with Crippen LogP contribution in [0.1, 0.15) is 21.0 Å². The number of alkyl halides is 6. The van der Waals surface area contributed by atoms with E-state index >= 15 is 0 Å². The van der Waals surface area contributed by atoms with Gasteiger partial charge in [0.15, 0.2) is 5.69 Å². The minimum atomic E-state index is -4.42. The van der Waals surface area contributed by atoms with Gasteiger partial charge in [0.1, 0.15) is 18.8 Å². The number of amides is 1. The second-order valence-electron chi connectivity index (χ2n) is 4.72. The number of rotatable bonds is 4. The molecule has 0 aliphatic rings. The van der Waals surface area contributed by atoms with Crippen molar-refractivity contribution in [3.8, 4) is 0 Å². The number of carboxylic acid groups (broad SMARTS) is 1. The van der Waals surface area contributed by atoms with Crippen molar-refractivity contribution in [2.45, 2.75) is 12.4 Å². The molecule has 0 saturated heterocycles. The SMILES string of the molecule is FC(F)(F)CN[ClH+].O=C(NCC(F)(F)F)c1cnccn1.O=C(O)c1cnccn1. The summed E-state index contributed by atoms with van der Waals surface area (Å²) in [6.07, 6.45) is -0.993. The quantitative estimate of drug-likeness (QED) is 0.457. The van der Waals surface area contributed by atoms with Crippen LogP contribution in [0.4, 0.5) is 26.3 Å². The summed E-state index contributed by atoms with van der Waals surface area (Å²) >= 11 is 3.83. The minimum absolute atomic E-state index is 0.0301. The Kier molecular flexibility index (Phi) is 11.9. The van der Waals surface area contributed by atoms with Gasteiger partial charge < -0.3 is 10.4 Å². The monoisotopic (exact) mass is 463 g/mol. The van der Waals surface area contributed by atoms with Gasteiger partial charge in [-0.3, -0.25) is 14.8 Å². The molecule has 0 aliphatic heterocycles. The van der Waals surface area contributed by atoms with E-state index in [4.69, 9.17) is 5.11 Å². The lowest BCUT2D eigenvalue weighted by Gasteiger charge is -2.06. The lowest BCUT2D eigenvalue weighted by atomic mass is 10.4. The van der Waals surface area contributed by atoms with Gasteiger partial charge >= 0.3 is 18.3 Å². The average molecular weight is 464 g/mol. The van der Waals surface area contributed by atoms with Crippen LogP contribution in [0.2, 0.25) is 0 Å². The van der Waals surface area contributed by atoms with Crippen LogP contribution >= 0.6 is 0 Å². The highest BCUT2D eigenvalue weighted by molar-refractivity contribution is 5.91. The maximum Gasteiger partial charge on any atom is 0.406 e. The molecule has 3 N–H and O–H groups in total. The van der Waals surface area contributed by atoms with Crippen LogP contribution < -0.4 is 10.2 Å². The average Bonchev–Trinajstić information content (AvgIpc) is 2.67. The zero-order chi connectivity index (χ0) is 23.2. The van der Waals surface area contributed by atoms with Gasteiger partial charge in [-0.2, -0.15) is 26.3 Å². The molecule has 0 aromatic carbocycles. The van der Waals surface area contributed by atoms with Gasteiger partial charge in [0, 0.05) is 24.8 Å². The normalized spacial score (nSPS) is 10.6. The molecular formula is C14H14ClF6N6O3+. The number of nitrogens with one attached hydrogen (secondary N) is 2. The lowest BCUT2D eigenvalue weighted by molar-refractivity contribution is -0.452. The van der Waals surface area contributed by atoms with E-state index in [2.05, 4.69) is 31.7 Å². The fourth-order valence-corrected chi connectivity index (χ4v) is 1.34. The molecule has 0 spiro atoms. The Hall–Kier alpha value is -3.07. The molecule has 2 aromatic rings. The molecule has 2 aromatic heterocycles. The van der Waals surface area contributed by atoms with Gasteiger partial charge in [0.25, 0.3) is 5.91 Å². The number of nitrogens with zero attached hydrogens (tertiary/aromatic N) is 4. The summed E-state index contributed by atoms with van der Waals surface area (Å²) in [6.45, 7) is -2.47. The Morgan fingerprint density at radius 3 is 1.60 bits per heavy atom. The van der Waals surface area contributed by atoms with E-state index in [1.807, 2.05) is 0 Å². The molecule has 2 rings (SSSR count). The second-order valence-corrected chi connectivity index (χ2v) is 5.01. The van der Waals surface area contributed by atoms with Crippen LogP contribution in [0.3, 0.4) is 0 Å². The number of carboxylic acids is 1. The largest absolute Gasteiger partial charge is 0.476 e. The van der Waals surface area contributed by atoms with Crippen LogP contribution in [0.5, 0.6) is 0 Å². The highest BCUT2D eigenvalue weighted by Gasteiger charge is 2.28. The zero-order valence-electron chi connectivity index (χ0n) is 14.6. The third kappa shape index (κ3) is 14.9. The molecule has 0 radical (unpaired) electrons. The first-order chi connectivity index (χ1) is 13.9. The van der Waals surface area contributed by atoms with Crippen LogP contribution in [-0.2, 0) is 0 Å². The van der Waals surface area contributed by atoms with E-state index in [1.165, 1.54) is 31.0 Å². The molecule has 0 aliphatic carbocycles. The van der Waals surface area contributed by atoms with Crippen LogP contribution in [0, 0.1) is 11.8 Å². The summed E-state index contributed by atoms with van der Waals surface area (Å²) in [4.78, 5) is 36.8. The summed E-state index contributed by atoms with van der Waals surface area (Å²) in [7, 11) is 0. The number of carbonyl (C=O) groups is 2. The first-order valence-corrected chi connectivity index (χ1v) is 7.78. The summed E-state index contributed by atoms with van der Waals surface area (Å²) in [5.74, 6) is -1.95. The minimum Gasteiger partial charge on any atom is -0.476 e. The van der Waals surface area contributed by atoms with E-state index in [-0.39, 0.29) is 11.4 Å². The van der Waals surface area contributed by atoms with E-state index in [0.29, 0.717) is 0 Å². The predicted octanol–water partition coefficient (Wildman–Crippen LogP) is 1.28. The highest BCUT2D eigenvalue weighted by Crippen LogP contribution is 2.12. The molecule has 2 heterocycles. The van der Waals surface area contributed by atoms with Crippen molar-refractivity contribution in [2.75, 3.05) is 13.1 Å². The molecule has 0 bridgehead atoms. The van der Waals surface area contributed by atoms with Crippen LogP contribution in [0.15, 0.2) is 37.2 Å². The molecular weight excluding hydrogens is 450 g/mol. The molecule has 0 fully saturated rings. The molecule has 30 heavy (non-hydrogen) atoms. The van der Waals surface area contributed by atoms with E-state index in [9.17, 15) is 35.9 Å². The Balaban J connectivity index is 0.000000454. The van der Waals surface area contributed by atoms with Gasteiger partial charge in [-0.25, -0.2) is 14.8 Å². The van der Waals surface area contributed by atoms with Crippen molar-refractivity contribution in [3.05, 3.63) is 48.6 Å². The predicted molar refractivity (Wildman–Crippen MR) is 84.9 cm³/mol. The number of hydrogen-bond donors (Lipinski definition) is 3. The molecule has 0 unspecified atom stereocenters. The lowest BCUT2D eigenvalue weighted by Crippen LogP contribution is -2.34. The van der Waals surface area contributed by atoms with Crippen LogP contribution in [0.25, 0.3) is 0 Å². The Bertz CT molecular complexity index is 764. The Labute approximate surface area is 169 Å². The Morgan fingerprint density at radius 1 is 0.867 bits per heavy atom. The summed E-state index contributed by atoms with van der Waals surface area (Å²) in [5.41, 5.74) is -0.172. The fourth-order valence-electron chi connectivity index (χ4n) is 1.18. The van der Waals surface area contributed by atoms with Crippen molar-refractivity contribution in [1.82, 2.24) is 30.1 Å². The molecule has 16 heteroatoms. The van der Waals surface area contributed by atoms with Gasteiger partial charge in [-0.1, -0.05) is 4.84 Å². The maximum absolute atomic E-state index is 11.7.